The van der Waals surface area contributed by atoms with Crippen molar-refractivity contribution in [3.8, 4) is 0 Å². The minimum Gasteiger partial charge on any atom is -0.480 e. The van der Waals surface area contributed by atoms with Gasteiger partial charge >= 0.3 is 5.97 Å². The van der Waals surface area contributed by atoms with Crippen molar-refractivity contribution in [1.82, 2.24) is 9.80 Å². The molecule has 2 aliphatic rings. The smallest absolute Gasteiger partial charge is 0.320 e. The highest BCUT2D eigenvalue weighted by Gasteiger charge is 2.34. The van der Waals surface area contributed by atoms with Crippen molar-refractivity contribution in [2.45, 2.75) is 44.9 Å². The Hall–Kier alpha value is -1.14. The van der Waals surface area contributed by atoms with E-state index in [4.69, 9.17) is 9.84 Å². The molecule has 0 aliphatic carbocycles. The van der Waals surface area contributed by atoms with Gasteiger partial charge in [-0.25, -0.2) is 0 Å². The van der Waals surface area contributed by atoms with E-state index < -0.39 is 12.0 Å². The summed E-state index contributed by atoms with van der Waals surface area (Å²) in [6, 6.07) is -0.500. The van der Waals surface area contributed by atoms with E-state index in [2.05, 4.69) is 0 Å². The lowest BCUT2D eigenvalue weighted by Crippen LogP contribution is -2.52. The van der Waals surface area contributed by atoms with E-state index in [0.717, 1.165) is 6.42 Å². The van der Waals surface area contributed by atoms with Crippen LogP contribution in [-0.4, -0.2) is 71.2 Å². The molecule has 2 heterocycles. The number of hydrogen-bond donors (Lipinski definition) is 1. The monoisotopic (exact) mass is 270 g/mol. The average molecular weight is 270 g/mol. The zero-order valence-electron chi connectivity index (χ0n) is 11.5. The Morgan fingerprint density at radius 2 is 1.89 bits per heavy atom. The highest BCUT2D eigenvalue weighted by atomic mass is 16.5. The molecule has 6 nitrogen and oxygen atoms in total. The van der Waals surface area contributed by atoms with Gasteiger partial charge < -0.3 is 14.7 Å². The van der Waals surface area contributed by atoms with Crippen LogP contribution in [0.25, 0.3) is 0 Å². The normalized spacial score (nSPS) is 32.5. The minimum absolute atomic E-state index is 0.00940. The average Bonchev–Trinajstić information content (AvgIpc) is 2.75. The molecule has 3 atom stereocenters. The van der Waals surface area contributed by atoms with Gasteiger partial charge in [0.1, 0.15) is 6.04 Å². The lowest BCUT2D eigenvalue weighted by Gasteiger charge is -2.36. The van der Waals surface area contributed by atoms with Crippen LogP contribution in [0.3, 0.4) is 0 Å². The van der Waals surface area contributed by atoms with Crippen LogP contribution < -0.4 is 0 Å². The van der Waals surface area contributed by atoms with Crippen molar-refractivity contribution in [3.63, 3.8) is 0 Å². The molecule has 0 aromatic heterocycles. The summed E-state index contributed by atoms with van der Waals surface area (Å²) >= 11 is 0. The minimum atomic E-state index is -0.825. The van der Waals surface area contributed by atoms with Gasteiger partial charge in [0.15, 0.2) is 0 Å². The summed E-state index contributed by atoms with van der Waals surface area (Å²) < 4.78 is 5.59. The van der Waals surface area contributed by atoms with E-state index >= 15 is 0 Å². The molecule has 2 saturated heterocycles. The van der Waals surface area contributed by atoms with Gasteiger partial charge in [0.2, 0.25) is 5.91 Å². The maximum atomic E-state index is 12.2. The van der Waals surface area contributed by atoms with Crippen LogP contribution in [0.15, 0.2) is 0 Å². The number of rotatable bonds is 3. The second-order valence-electron chi connectivity index (χ2n) is 5.52. The number of carbonyl (C=O) groups is 2. The molecule has 2 fully saturated rings. The Bertz CT molecular complexity index is 351. The summed E-state index contributed by atoms with van der Waals surface area (Å²) in [7, 11) is 0. The SMILES string of the molecule is C[C@H]1CN(C(=O)CN2CCC[C@@H]2C(=O)O)C[C@H](C)O1. The first-order chi connectivity index (χ1) is 8.97. The van der Waals surface area contributed by atoms with Gasteiger partial charge in [0.05, 0.1) is 18.8 Å². The molecule has 0 saturated carbocycles. The largest absolute Gasteiger partial charge is 0.480 e. The second-order valence-corrected chi connectivity index (χ2v) is 5.52. The zero-order valence-corrected chi connectivity index (χ0v) is 11.5. The topological polar surface area (TPSA) is 70.1 Å². The van der Waals surface area contributed by atoms with Crippen LogP contribution in [0.1, 0.15) is 26.7 Å². The molecule has 0 radical (unpaired) electrons. The van der Waals surface area contributed by atoms with Gasteiger partial charge in [0.25, 0.3) is 0 Å². The summed E-state index contributed by atoms with van der Waals surface area (Å²) in [4.78, 5) is 26.9. The van der Waals surface area contributed by atoms with Crippen molar-refractivity contribution in [2.24, 2.45) is 0 Å². The Kier molecular flexibility index (Phi) is 4.42. The van der Waals surface area contributed by atoms with Crippen molar-refractivity contribution in [2.75, 3.05) is 26.2 Å². The van der Waals surface area contributed by atoms with Crippen LogP contribution in [-0.2, 0) is 14.3 Å². The quantitative estimate of drug-likeness (QED) is 0.791. The van der Waals surface area contributed by atoms with Crippen molar-refractivity contribution < 1.29 is 19.4 Å². The molecule has 0 unspecified atom stereocenters. The summed E-state index contributed by atoms with van der Waals surface area (Å²) in [6.07, 6.45) is 1.57. The lowest BCUT2D eigenvalue weighted by molar-refractivity contribution is -0.147. The molecular weight excluding hydrogens is 248 g/mol. The summed E-state index contributed by atoms with van der Waals surface area (Å²) in [5.74, 6) is -0.816. The van der Waals surface area contributed by atoms with E-state index in [1.807, 2.05) is 13.8 Å². The van der Waals surface area contributed by atoms with Crippen LogP contribution in [0.5, 0.6) is 0 Å². The van der Waals surface area contributed by atoms with Crippen LogP contribution >= 0.6 is 0 Å². The Morgan fingerprint density at radius 3 is 2.47 bits per heavy atom. The number of nitrogens with zero attached hydrogens (tertiary/aromatic N) is 2. The van der Waals surface area contributed by atoms with Gasteiger partial charge in [-0.05, 0) is 33.2 Å². The number of ether oxygens (including phenoxy) is 1. The van der Waals surface area contributed by atoms with E-state index in [9.17, 15) is 9.59 Å². The number of hydrogen-bond acceptors (Lipinski definition) is 4. The third kappa shape index (κ3) is 3.45. The first-order valence-electron chi connectivity index (χ1n) is 6.87. The number of aliphatic carboxylic acids is 1. The first-order valence-corrected chi connectivity index (χ1v) is 6.87. The van der Waals surface area contributed by atoms with E-state index in [1.165, 1.54) is 0 Å². The highest BCUT2D eigenvalue weighted by Crippen LogP contribution is 2.18. The highest BCUT2D eigenvalue weighted by molar-refractivity contribution is 5.80. The fraction of sp³-hybridized carbons (Fsp3) is 0.846. The van der Waals surface area contributed by atoms with E-state index in [0.29, 0.717) is 26.1 Å². The number of carbonyl (C=O) groups excluding carboxylic acids is 1. The van der Waals surface area contributed by atoms with Gasteiger partial charge in [-0.2, -0.15) is 0 Å². The number of carboxylic acids is 1. The predicted molar refractivity (Wildman–Crippen MR) is 68.8 cm³/mol. The molecule has 0 aromatic rings. The maximum Gasteiger partial charge on any atom is 0.320 e. The Morgan fingerprint density at radius 1 is 1.26 bits per heavy atom. The molecule has 2 rings (SSSR count). The first kappa shape index (κ1) is 14.3. The molecule has 0 aromatic carbocycles. The number of likely N-dealkylation sites (tertiary alicyclic amines) is 1. The number of carboxylic acid groups (broad SMARTS) is 1. The van der Waals surface area contributed by atoms with Crippen molar-refractivity contribution >= 4 is 11.9 Å². The fourth-order valence-corrected chi connectivity index (χ4v) is 2.95. The zero-order chi connectivity index (χ0) is 14.0. The molecule has 19 heavy (non-hydrogen) atoms. The molecule has 6 heteroatoms. The van der Waals surface area contributed by atoms with Gasteiger partial charge in [-0.15, -0.1) is 0 Å². The number of morpholine rings is 1. The van der Waals surface area contributed by atoms with Crippen LogP contribution in [0.4, 0.5) is 0 Å². The predicted octanol–water partition coefficient (Wildman–Crippen LogP) is 0.171. The fourth-order valence-electron chi connectivity index (χ4n) is 2.95. The second kappa shape index (κ2) is 5.88. The van der Waals surface area contributed by atoms with E-state index in [-0.39, 0.29) is 24.7 Å². The summed E-state index contributed by atoms with van der Waals surface area (Å²) in [5, 5.41) is 9.10. The third-order valence-corrected chi connectivity index (χ3v) is 3.76. The molecule has 2 aliphatic heterocycles. The van der Waals surface area contributed by atoms with Crippen molar-refractivity contribution in [3.05, 3.63) is 0 Å². The standard InChI is InChI=1S/C13H22N2O4/c1-9-6-15(7-10(2)19-9)12(16)8-14-5-3-4-11(14)13(17)18/h9-11H,3-8H2,1-2H3,(H,17,18)/t9-,10-,11+/m0/s1. The summed E-state index contributed by atoms with van der Waals surface area (Å²) in [5.41, 5.74) is 0. The lowest BCUT2D eigenvalue weighted by atomic mass is 10.2. The molecule has 1 amide bonds. The molecule has 0 bridgehead atoms. The Balaban J connectivity index is 1.91. The van der Waals surface area contributed by atoms with Crippen molar-refractivity contribution in [1.29, 1.82) is 0 Å². The van der Waals surface area contributed by atoms with Gasteiger partial charge in [0, 0.05) is 13.1 Å². The molecule has 1 N–H and O–H groups in total. The van der Waals surface area contributed by atoms with Crippen LogP contribution in [0.2, 0.25) is 0 Å². The van der Waals surface area contributed by atoms with Gasteiger partial charge in [-0.3, -0.25) is 14.5 Å². The third-order valence-electron chi connectivity index (χ3n) is 3.76. The molecular formula is C13H22N2O4. The van der Waals surface area contributed by atoms with Gasteiger partial charge in [-0.1, -0.05) is 0 Å². The summed E-state index contributed by atoms with van der Waals surface area (Å²) in [6.45, 7) is 5.98. The number of amides is 1. The maximum absolute atomic E-state index is 12.2. The Labute approximate surface area is 113 Å². The molecule has 0 spiro atoms. The van der Waals surface area contributed by atoms with E-state index in [1.54, 1.807) is 9.80 Å². The molecule has 108 valence electrons. The van der Waals surface area contributed by atoms with Crippen LogP contribution in [0, 0.1) is 0 Å².